The summed E-state index contributed by atoms with van der Waals surface area (Å²) in [5, 5.41) is 3.87. The topological polar surface area (TPSA) is 97.8 Å². The zero-order valence-corrected chi connectivity index (χ0v) is 20.7. The molecular weight excluding hydrogens is 466 g/mol. The predicted molar refractivity (Wildman–Crippen MR) is 132 cm³/mol. The van der Waals surface area contributed by atoms with E-state index >= 15 is 0 Å². The van der Waals surface area contributed by atoms with E-state index in [0.29, 0.717) is 56.2 Å². The van der Waals surface area contributed by atoms with Crippen LogP contribution in [-0.2, 0) is 14.8 Å². The van der Waals surface area contributed by atoms with E-state index in [1.807, 2.05) is 44.2 Å². The van der Waals surface area contributed by atoms with Crippen molar-refractivity contribution >= 4 is 26.8 Å². The lowest BCUT2D eigenvalue weighted by Crippen LogP contribution is -2.43. The summed E-state index contributed by atoms with van der Waals surface area (Å²) in [5.74, 6) is 1.09. The Kier molecular flexibility index (Phi) is 6.37. The van der Waals surface area contributed by atoms with Crippen LogP contribution in [0, 0.1) is 12.8 Å². The van der Waals surface area contributed by atoms with Gasteiger partial charge >= 0.3 is 0 Å². The van der Waals surface area contributed by atoms with Crippen molar-refractivity contribution in [2.24, 2.45) is 5.92 Å². The minimum absolute atomic E-state index is 0.0632. The first-order valence-corrected chi connectivity index (χ1v) is 13.3. The normalized spacial score (nSPS) is 17.8. The number of para-hydroxylation sites is 1. The lowest BCUT2D eigenvalue weighted by molar-refractivity contribution is -0.126. The molecule has 0 radical (unpaired) electrons. The van der Waals surface area contributed by atoms with Crippen LogP contribution in [0.15, 0.2) is 53.6 Å². The van der Waals surface area contributed by atoms with Crippen molar-refractivity contribution in [3.63, 3.8) is 0 Å². The fourth-order valence-corrected chi connectivity index (χ4v) is 6.33. The highest BCUT2D eigenvalue weighted by molar-refractivity contribution is 7.89. The Morgan fingerprint density at radius 1 is 1.09 bits per heavy atom. The molecule has 0 aliphatic carbocycles. The molecule has 2 aromatic carbocycles. The summed E-state index contributed by atoms with van der Waals surface area (Å²) in [6, 6.07) is 12.6. The zero-order chi connectivity index (χ0) is 24.6. The fourth-order valence-electron chi connectivity index (χ4n) is 4.69. The van der Waals surface area contributed by atoms with Crippen molar-refractivity contribution in [3.05, 3.63) is 59.8 Å². The average Bonchev–Trinajstić information content (AvgIpc) is 2.87. The summed E-state index contributed by atoms with van der Waals surface area (Å²) >= 11 is 0. The average molecular weight is 496 g/mol. The van der Waals surface area contributed by atoms with Crippen LogP contribution in [0.25, 0.3) is 10.9 Å². The molecular formula is C26H29N3O5S. The number of aromatic nitrogens is 1. The van der Waals surface area contributed by atoms with Crippen molar-refractivity contribution in [1.29, 1.82) is 0 Å². The Morgan fingerprint density at radius 3 is 2.60 bits per heavy atom. The monoisotopic (exact) mass is 495 g/mol. The molecule has 2 aliphatic heterocycles. The molecule has 9 heteroatoms. The maximum atomic E-state index is 13.4. The van der Waals surface area contributed by atoms with Crippen LogP contribution >= 0.6 is 0 Å². The highest BCUT2D eigenvalue weighted by Crippen LogP contribution is 2.33. The molecule has 2 aliphatic rings. The summed E-state index contributed by atoms with van der Waals surface area (Å²) in [7, 11) is -3.71. The maximum absolute atomic E-state index is 13.4. The molecule has 1 atom stereocenters. The van der Waals surface area contributed by atoms with Gasteiger partial charge in [-0.05, 0) is 62.1 Å². The number of carbonyl (C=O) groups excluding carboxylic acids is 1. The van der Waals surface area contributed by atoms with E-state index in [0.717, 1.165) is 16.5 Å². The van der Waals surface area contributed by atoms with Crippen molar-refractivity contribution < 1.29 is 22.7 Å². The van der Waals surface area contributed by atoms with Crippen molar-refractivity contribution in [3.8, 4) is 11.5 Å². The first kappa shape index (κ1) is 23.6. The summed E-state index contributed by atoms with van der Waals surface area (Å²) < 4.78 is 39.5. The molecule has 3 heterocycles. The van der Waals surface area contributed by atoms with E-state index in [1.165, 1.54) is 4.31 Å². The summed E-state index contributed by atoms with van der Waals surface area (Å²) in [5.41, 5.74) is 2.39. The van der Waals surface area contributed by atoms with Crippen LogP contribution in [0.5, 0.6) is 11.5 Å². The molecule has 8 nitrogen and oxygen atoms in total. The zero-order valence-electron chi connectivity index (χ0n) is 19.9. The van der Waals surface area contributed by atoms with Crippen molar-refractivity contribution in [2.45, 2.75) is 37.6 Å². The standard InChI is InChI=1S/C26H29N3O5S/c1-17-14-21-4-3-5-24(25(21)27-16-17)35(31,32)29-10-8-19(9-11-29)26(30)28-18(2)20-6-7-22-23(15-20)34-13-12-33-22/h3-7,14-16,18-19H,8-13H2,1-2H3,(H,28,30)/t18-/m1/s1. The van der Waals surface area contributed by atoms with Gasteiger partial charge in [-0.1, -0.05) is 18.2 Å². The molecule has 1 fully saturated rings. The van der Waals surface area contributed by atoms with Gasteiger partial charge in [0.15, 0.2) is 11.5 Å². The van der Waals surface area contributed by atoms with E-state index in [4.69, 9.17) is 9.47 Å². The third-order valence-corrected chi connectivity index (χ3v) is 8.61. The molecule has 1 aromatic heterocycles. The quantitative estimate of drug-likeness (QED) is 0.581. The van der Waals surface area contributed by atoms with E-state index in [1.54, 1.807) is 18.3 Å². The lowest BCUT2D eigenvalue weighted by Gasteiger charge is -2.31. The third-order valence-electron chi connectivity index (χ3n) is 6.68. The second-order valence-electron chi connectivity index (χ2n) is 9.15. The Balaban J connectivity index is 1.23. The highest BCUT2D eigenvalue weighted by atomic mass is 32.2. The second-order valence-corrected chi connectivity index (χ2v) is 11.1. The van der Waals surface area contributed by atoms with Crippen LogP contribution < -0.4 is 14.8 Å². The molecule has 1 saturated heterocycles. The number of sulfonamides is 1. The van der Waals surface area contributed by atoms with Gasteiger partial charge in [0.25, 0.3) is 0 Å². The number of aryl methyl sites for hydroxylation is 1. The molecule has 0 spiro atoms. The van der Waals surface area contributed by atoms with Gasteiger partial charge in [0.2, 0.25) is 15.9 Å². The first-order chi connectivity index (χ1) is 16.8. The smallest absolute Gasteiger partial charge is 0.245 e. The number of ether oxygens (including phenoxy) is 2. The number of benzene rings is 2. The Hall–Kier alpha value is -3.17. The molecule has 0 saturated carbocycles. The predicted octanol–water partition coefficient (Wildman–Crippen LogP) is 3.59. The number of pyridine rings is 1. The second kappa shape index (κ2) is 9.47. The molecule has 5 rings (SSSR count). The third kappa shape index (κ3) is 4.70. The van der Waals surface area contributed by atoms with E-state index in [9.17, 15) is 13.2 Å². The molecule has 1 N–H and O–H groups in total. The number of nitrogens with zero attached hydrogens (tertiary/aromatic N) is 2. The fraction of sp³-hybridized carbons (Fsp3) is 0.385. The van der Waals surface area contributed by atoms with Gasteiger partial charge in [-0.3, -0.25) is 9.78 Å². The van der Waals surface area contributed by atoms with Crippen LogP contribution in [0.3, 0.4) is 0 Å². The Morgan fingerprint density at radius 2 is 1.83 bits per heavy atom. The number of fused-ring (bicyclic) bond motifs is 2. The molecule has 3 aromatic rings. The van der Waals surface area contributed by atoms with Crippen LogP contribution in [0.2, 0.25) is 0 Å². The molecule has 0 unspecified atom stereocenters. The van der Waals surface area contributed by atoms with Gasteiger partial charge in [0.1, 0.15) is 18.1 Å². The highest BCUT2D eigenvalue weighted by Gasteiger charge is 2.33. The van der Waals surface area contributed by atoms with Crippen molar-refractivity contribution in [2.75, 3.05) is 26.3 Å². The minimum atomic E-state index is -3.71. The number of carbonyl (C=O) groups is 1. The van der Waals surface area contributed by atoms with Crippen molar-refractivity contribution in [1.82, 2.24) is 14.6 Å². The van der Waals surface area contributed by atoms with E-state index in [2.05, 4.69) is 10.3 Å². The first-order valence-electron chi connectivity index (χ1n) is 11.9. The number of hydrogen-bond acceptors (Lipinski definition) is 6. The van der Waals surface area contributed by atoms with Gasteiger partial charge in [-0.15, -0.1) is 0 Å². The van der Waals surface area contributed by atoms with Gasteiger partial charge in [0.05, 0.1) is 11.6 Å². The van der Waals surface area contributed by atoms with Gasteiger partial charge in [0, 0.05) is 30.6 Å². The number of hydrogen-bond donors (Lipinski definition) is 1. The van der Waals surface area contributed by atoms with Gasteiger partial charge < -0.3 is 14.8 Å². The van der Waals surface area contributed by atoms with Crippen LogP contribution in [0.1, 0.15) is 36.9 Å². The summed E-state index contributed by atoms with van der Waals surface area (Å²) in [4.78, 5) is 17.6. The number of piperidine rings is 1. The number of amides is 1. The number of nitrogens with one attached hydrogen (secondary N) is 1. The molecule has 0 bridgehead atoms. The number of rotatable bonds is 5. The largest absolute Gasteiger partial charge is 0.486 e. The maximum Gasteiger partial charge on any atom is 0.245 e. The van der Waals surface area contributed by atoms with Crippen LogP contribution in [0.4, 0.5) is 0 Å². The van der Waals surface area contributed by atoms with Gasteiger partial charge in [-0.25, -0.2) is 8.42 Å². The van der Waals surface area contributed by atoms with E-state index < -0.39 is 10.0 Å². The van der Waals surface area contributed by atoms with Crippen LogP contribution in [-0.4, -0.2) is 49.9 Å². The molecule has 184 valence electrons. The lowest BCUT2D eigenvalue weighted by atomic mass is 9.96. The minimum Gasteiger partial charge on any atom is -0.486 e. The molecule has 35 heavy (non-hydrogen) atoms. The Labute approximate surface area is 205 Å². The molecule has 1 amide bonds. The van der Waals surface area contributed by atoms with E-state index in [-0.39, 0.29) is 22.8 Å². The van der Waals surface area contributed by atoms with Gasteiger partial charge in [-0.2, -0.15) is 4.31 Å². The SMILES string of the molecule is Cc1cnc2c(S(=O)(=O)N3CCC(C(=O)N[C@H](C)c4ccc5c(c4)OCCO5)CC3)cccc2c1. The summed E-state index contributed by atoms with van der Waals surface area (Å²) in [6.45, 7) is 5.48. The summed E-state index contributed by atoms with van der Waals surface area (Å²) in [6.07, 6.45) is 2.62. The Bertz CT molecular complexity index is 1370.